The smallest absolute Gasteiger partial charge is 0.340 e. The van der Waals surface area contributed by atoms with Crippen molar-refractivity contribution in [3.05, 3.63) is 57.5 Å². The first-order chi connectivity index (χ1) is 12.9. The van der Waals surface area contributed by atoms with Gasteiger partial charge >= 0.3 is 6.18 Å². The Balaban J connectivity index is 0.00000420. The van der Waals surface area contributed by atoms with Crippen molar-refractivity contribution >= 4 is 18.3 Å². The van der Waals surface area contributed by atoms with E-state index in [4.69, 9.17) is 5.73 Å². The Morgan fingerprint density at radius 2 is 1.86 bits per heavy atom. The Morgan fingerprint density at radius 1 is 1.24 bits per heavy atom. The van der Waals surface area contributed by atoms with Gasteiger partial charge in [0.15, 0.2) is 5.69 Å². The van der Waals surface area contributed by atoms with Gasteiger partial charge in [0.1, 0.15) is 0 Å². The summed E-state index contributed by atoms with van der Waals surface area (Å²) in [6.07, 6.45) is -4.52. The van der Waals surface area contributed by atoms with E-state index in [-0.39, 0.29) is 29.2 Å². The maximum atomic E-state index is 13.0. The Bertz CT molecular complexity index is 942. The van der Waals surface area contributed by atoms with Crippen molar-refractivity contribution in [1.82, 2.24) is 14.7 Å². The summed E-state index contributed by atoms with van der Waals surface area (Å²) in [5.74, 6) is -0.618. The molecule has 2 aromatic rings. The molecule has 0 fully saturated rings. The molecule has 1 heterocycles. The lowest BCUT2D eigenvalue weighted by atomic mass is 9.93. The third kappa shape index (κ3) is 5.80. The molecule has 0 aliphatic carbocycles. The molecule has 1 aromatic heterocycles. The Kier molecular flexibility index (Phi) is 7.61. The molecule has 0 aliphatic heterocycles. The van der Waals surface area contributed by atoms with Crippen LogP contribution in [0.25, 0.3) is 5.69 Å². The van der Waals surface area contributed by atoms with Gasteiger partial charge in [0, 0.05) is 25.4 Å². The highest BCUT2D eigenvalue weighted by atomic mass is 35.5. The lowest BCUT2D eigenvalue weighted by molar-refractivity contribution is -0.137. The summed E-state index contributed by atoms with van der Waals surface area (Å²) in [4.78, 5) is 26.3. The highest BCUT2D eigenvalue weighted by molar-refractivity contribution is 5.92. The van der Waals surface area contributed by atoms with E-state index in [0.717, 1.165) is 16.8 Å². The molecular formula is C19H24ClF3N4O2. The van der Waals surface area contributed by atoms with Gasteiger partial charge in [-0.1, -0.05) is 19.9 Å². The minimum absolute atomic E-state index is 0. The predicted molar refractivity (Wildman–Crippen MR) is 107 cm³/mol. The van der Waals surface area contributed by atoms with E-state index in [9.17, 15) is 22.8 Å². The van der Waals surface area contributed by atoms with Gasteiger partial charge < -0.3 is 10.6 Å². The first-order valence-electron chi connectivity index (χ1n) is 8.60. The van der Waals surface area contributed by atoms with E-state index in [1.807, 2.05) is 13.8 Å². The van der Waals surface area contributed by atoms with Crippen LogP contribution in [0.5, 0.6) is 0 Å². The number of alkyl halides is 3. The van der Waals surface area contributed by atoms with Crippen LogP contribution in [0.3, 0.4) is 0 Å². The highest BCUT2D eigenvalue weighted by Crippen LogP contribution is 2.30. The molecule has 0 atom stereocenters. The highest BCUT2D eigenvalue weighted by Gasteiger charge is 2.31. The maximum absolute atomic E-state index is 13.0. The molecule has 2 rings (SSSR count). The number of aryl methyl sites for hydroxylation is 1. The average Bonchev–Trinajstić information content (AvgIpc) is 2.60. The van der Waals surface area contributed by atoms with Crippen LogP contribution in [0.1, 0.15) is 35.6 Å². The average molecular weight is 433 g/mol. The van der Waals surface area contributed by atoms with E-state index in [0.29, 0.717) is 18.8 Å². The van der Waals surface area contributed by atoms with Crippen molar-refractivity contribution < 1.29 is 18.0 Å². The summed E-state index contributed by atoms with van der Waals surface area (Å²) in [6.45, 7) is 5.91. The summed E-state index contributed by atoms with van der Waals surface area (Å²) in [5.41, 5.74) is 3.92. The van der Waals surface area contributed by atoms with Gasteiger partial charge in [-0.15, -0.1) is 12.4 Å². The number of hydrogen-bond acceptors (Lipinski definition) is 4. The fourth-order valence-electron chi connectivity index (χ4n) is 2.73. The quantitative estimate of drug-likeness (QED) is 0.787. The molecule has 0 unspecified atom stereocenters. The molecule has 1 amide bonds. The number of hydrogen-bond donors (Lipinski definition) is 1. The van der Waals surface area contributed by atoms with Gasteiger partial charge in [-0.05, 0) is 37.1 Å². The van der Waals surface area contributed by atoms with E-state index in [2.05, 4.69) is 5.10 Å². The van der Waals surface area contributed by atoms with Crippen LogP contribution in [-0.2, 0) is 6.18 Å². The summed E-state index contributed by atoms with van der Waals surface area (Å²) in [6, 6.07) is 5.71. The molecule has 0 saturated carbocycles. The number of carbonyl (C=O) groups excluding carboxylic acids is 1. The van der Waals surface area contributed by atoms with Gasteiger partial charge in [-0.25, -0.2) is 4.68 Å². The van der Waals surface area contributed by atoms with Gasteiger partial charge in [0.05, 0.1) is 11.3 Å². The molecular weight excluding hydrogens is 409 g/mol. The topological polar surface area (TPSA) is 81.2 Å². The number of benzene rings is 1. The normalized spacial score (nSPS) is 11.7. The number of aromatic nitrogens is 2. The Labute approximate surface area is 172 Å². The standard InChI is InChI=1S/C19H23F3N4O2.ClH/c1-12-8-15(27)16(17(28)25(4)11-18(2,3)10-23)24-26(12)14-7-5-6-13(9-14)19(20,21)22;/h5-9H,10-11,23H2,1-4H3;1H. The van der Waals surface area contributed by atoms with Gasteiger partial charge in [0.25, 0.3) is 5.91 Å². The minimum Gasteiger partial charge on any atom is -0.340 e. The van der Waals surface area contributed by atoms with Crippen LogP contribution in [0.4, 0.5) is 13.2 Å². The predicted octanol–water partition coefficient (Wildman–Crippen LogP) is 3.04. The molecule has 160 valence electrons. The summed E-state index contributed by atoms with van der Waals surface area (Å²) in [5, 5.41) is 4.06. The first kappa shape index (κ1) is 24.6. The van der Waals surface area contributed by atoms with Crippen molar-refractivity contribution in [2.24, 2.45) is 11.1 Å². The molecule has 29 heavy (non-hydrogen) atoms. The van der Waals surface area contributed by atoms with Gasteiger partial charge in [-0.3, -0.25) is 9.59 Å². The fraction of sp³-hybridized carbons (Fsp3) is 0.421. The summed E-state index contributed by atoms with van der Waals surface area (Å²) < 4.78 is 40.2. The maximum Gasteiger partial charge on any atom is 0.416 e. The second-order valence-corrected chi connectivity index (χ2v) is 7.49. The molecule has 0 radical (unpaired) electrons. The molecule has 0 spiro atoms. The zero-order chi connectivity index (χ0) is 21.3. The van der Waals surface area contributed by atoms with Crippen LogP contribution in [-0.4, -0.2) is 40.7 Å². The van der Waals surface area contributed by atoms with Crippen molar-refractivity contribution in [2.75, 3.05) is 20.1 Å². The molecule has 0 bridgehead atoms. The zero-order valence-corrected chi connectivity index (χ0v) is 17.4. The second kappa shape index (κ2) is 8.96. The monoisotopic (exact) mass is 432 g/mol. The summed E-state index contributed by atoms with van der Waals surface area (Å²) in [7, 11) is 1.52. The molecule has 6 nitrogen and oxygen atoms in total. The molecule has 1 aromatic carbocycles. The van der Waals surface area contributed by atoms with Crippen LogP contribution < -0.4 is 11.2 Å². The van der Waals surface area contributed by atoms with Gasteiger partial charge in [-0.2, -0.15) is 18.3 Å². The summed E-state index contributed by atoms with van der Waals surface area (Å²) >= 11 is 0. The molecule has 10 heteroatoms. The largest absolute Gasteiger partial charge is 0.416 e. The number of nitrogens with zero attached hydrogens (tertiary/aromatic N) is 3. The van der Waals surface area contributed by atoms with Crippen LogP contribution in [0, 0.1) is 12.3 Å². The number of amides is 1. The Morgan fingerprint density at radius 3 is 2.41 bits per heavy atom. The third-order valence-corrected chi connectivity index (χ3v) is 4.29. The van der Waals surface area contributed by atoms with E-state index in [1.165, 1.54) is 37.1 Å². The van der Waals surface area contributed by atoms with Crippen LogP contribution in [0.2, 0.25) is 0 Å². The van der Waals surface area contributed by atoms with E-state index >= 15 is 0 Å². The third-order valence-electron chi connectivity index (χ3n) is 4.29. The lowest BCUT2D eigenvalue weighted by Crippen LogP contribution is -2.41. The Hall–Kier alpha value is -2.39. The number of rotatable bonds is 5. The number of halogens is 4. The number of carbonyl (C=O) groups is 1. The van der Waals surface area contributed by atoms with Gasteiger partial charge in [0.2, 0.25) is 5.43 Å². The number of nitrogens with two attached hydrogens (primary N) is 1. The van der Waals surface area contributed by atoms with Crippen molar-refractivity contribution in [3.8, 4) is 5.69 Å². The minimum atomic E-state index is -4.52. The lowest BCUT2D eigenvalue weighted by Gasteiger charge is -2.28. The second-order valence-electron chi connectivity index (χ2n) is 7.49. The first-order valence-corrected chi connectivity index (χ1v) is 8.60. The van der Waals surface area contributed by atoms with E-state index in [1.54, 1.807) is 0 Å². The molecule has 0 saturated heterocycles. The molecule has 0 aliphatic rings. The van der Waals surface area contributed by atoms with Crippen molar-refractivity contribution in [2.45, 2.75) is 26.9 Å². The zero-order valence-electron chi connectivity index (χ0n) is 16.6. The van der Waals surface area contributed by atoms with E-state index < -0.39 is 23.1 Å². The molecule has 2 N–H and O–H groups in total. The fourth-order valence-corrected chi connectivity index (χ4v) is 2.73. The van der Waals surface area contributed by atoms with Crippen molar-refractivity contribution in [3.63, 3.8) is 0 Å². The van der Waals surface area contributed by atoms with Crippen LogP contribution >= 0.6 is 12.4 Å². The SMILES string of the molecule is Cc1cc(=O)c(C(=O)N(C)CC(C)(C)CN)nn1-c1cccc(C(F)(F)F)c1.Cl. The van der Waals surface area contributed by atoms with Crippen LogP contribution in [0.15, 0.2) is 35.1 Å². The van der Waals surface area contributed by atoms with Crippen molar-refractivity contribution in [1.29, 1.82) is 0 Å².